The van der Waals surface area contributed by atoms with Crippen molar-refractivity contribution in [3.8, 4) is 5.75 Å². The van der Waals surface area contributed by atoms with Crippen LogP contribution in [-0.2, 0) is 4.79 Å². The molecule has 0 aliphatic carbocycles. The largest absolute Gasteiger partial charge is 0.493 e. The molecule has 0 radical (unpaired) electrons. The van der Waals surface area contributed by atoms with Gasteiger partial charge in [-0.2, -0.15) is 0 Å². The summed E-state index contributed by atoms with van der Waals surface area (Å²) in [4.78, 5) is 11.8. The monoisotopic (exact) mass is 306 g/mol. The van der Waals surface area contributed by atoms with E-state index in [0.29, 0.717) is 16.7 Å². The maximum Gasteiger partial charge on any atom is 0.223 e. The van der Waals surface area contributed by atoms with Crippen molar-refractivity contribution in [3.05, 3.63) is 34.8 Å². The summed E-state index contributed by atoms with van der Waals surface area (Å²) >= 11 is 1.27. The number of amides is 1. The van der Waals surface area contributed by atoms with Gasteiger partial charge in [0.15, 0.2) is 0 Å². The van der Waals surface area contributed by atoms with Crippen LogP contribution in [0.5, 0.6) is 5.75 Å². The smallest absolute Gasteiger partial charge is 0.223 e. The van der Waals surface area contributed by atoms with Crippen molar-refractivity contribution in [2.45, 2.75) is 26.3 Å². The lowest BCUT2D eigenvalue weighted by Gasteiger charge is -2.12. The minimum Gasteiger partial charge on any atom is -0.493 e. The number of nitrogens with two attached hydrogens (primary N) is 1. The van der Waals surface area contributed by atoms with Crippen LogP contribution < -0.4 is 15.8 Å². The van der Waals surface area contributed by atoms with Gasteiger partial charge in [0.05, 0.1) is 19.1 Å². The summed E-state index contributed by atoms with van der Waals surface area (Å²) in [5, 5.41) is 11.6. The number of nitrogens with zero attached hydrogens (tertiary/aromatic N) is 2. The van der Waals surface area contributed by atoms with Crippen LogP contribution in [-0.4, -0.2) is 22.7 Å². The standard InChI is InChI=1S/C14H18N4O2S/c1-9-5-3-4-6-11(9)20-8-7-12(19)16-10(2)13-17-18-14(15)21-13/h3-6,10H,7-8H2,1-2H3,(H2,15,18)(H,16,19). The van der Waals surface area contributed by atoms with Gasteiger partial charge in [-0.3, -0.25) is 4.79 Å². The summed E-state index contributed by atoms with van der Waals surface area (Å²) in [5.74, 6) is 0.708. The third kappa shape index (κ3) is 4.42. The molecule has 1 aromatic carbocycles. The second-order valence-electron chi connectivity index (χ2n) is 4.63. The second kappa shape index (κ2) is 7.03. The van der Waals surface area contributed by atoms with Gasteiger partial charge in [-0.25, -0.2) is 0 Å². The Bertz CT molecular complexity index is 615. The molecule has 2 rings (SSSR count). The number of nitrogens with one attached hydrogen (secondary N) is 1. The Morgan fingerprint density at radius 3 is 2.86 bits per heavy atom. The molecule has 1 unspecified atom stereocenters. The SMILES string of the molecule is Cc1ccccc1OCCC(=O)NC(C)c1nnc(N)s1. The molecular formula is C14H18N4O2S. The third-order valence-electron chi connectivity index (χ3n) is 2.88. The van der Waals surface area contributed by atoms with Crippen LogP contribution >= 0.6 is 11.3 Å². The fraction of sp³-hybridized carbons (Fsp3) is 0.357. The fourth-order valence-corrected chi connectivity index (χ4v) is 2.38. The molecule has 112 valence electrons. The summed E-state index contributed by atoms with van der Waals surface area (Å²) in [6.07, 6.45) is 0.285. The molecule has 1 heterocycles. The van der Waals surface area contributed by atoms with Gasteiger partial charge in [0.1, 0.15) is 10.8 Å². The molecule has 0 aliphatic heterocycles. The Kier molecular flexibility index (Phi) is 5.10. The number of nitrogen functional groups attached to an aromatic ring is 1. The van der Waals surface area contributed by atoms with Gasteiger partial charge in [0.2, 0.25) is 11.0 Å². The molecular weight excluding hydrogens is 288 g/mol. The maximum atomic E-state index is 11.8. The molecule has 0 spiro atoms. The van der Waals surface area contributed by atoms with Gasteiger partial charge in [-0.1, -0.05) is 29.5 Å². The lowest BCUT2D eigenvalue weighted by molar-refractivity contribution is -0.122. The van der Waals surface area contributed by atoms with Crippen molar-refractivity contribution in [1.29, 1.82) is 0 Å². The Morgan fingerprint density at radius 1 is 1.43 bits per heavy atom. The number of ether oxygens (including phenoxy) is 1. The number of hydrogen-bond acceptors (Lipinski definition) is 6. The van der Waals surface area contributed by atoms with E-state index in [9.17, 15) is 4.79 Å². The molecule has 3 N–H and O–H groups in total. The summed E-state index contributed by atoms with van der Waals surface area (Å²) in [6.45, 7) is 4.15. The number of aryl methyl sites for hydroxylation is 1. The molecule has 1 aromatic heterocycles. The molecule has 21 heavy (non-hydrogen) atoms. The van der Waals surface area contributed by atoms with Gasteiger partial charge < -0.3 is 15.8 Å². The van der Waals surface area contributed by atoms with E-state index in [4.69, 9.17) is 10.5 Å². The van der Waals surface area contributed by atoms with Crippen molar-refractivity contribution in [2.24, 2.45) is 0 Å². The minimum absolute atomic E-state index is 0.0927. The number of benzene rings is 1. The summed E-state index contributed by atoms with van der Waals surface area (Å²) in [5.41, 5.74) is 6.57. The third-order valence-corrected chi connectivity index (χ3v) is 3.82. The first-order chi connectivity index (χ1) is 10.1. The Labute approximate surface area is 127 Å². The van der Waals surface area contributed by atoms with Gasteiger partial charge in [0.25, 0.3) is 0 Å². The topological polar surface area (TPSA) is 90.1 Å². The highest BCUT2D eigenvalue weighted by Gasteiger charge is 2.13. The maximum absolute atomic E-state index is 11.8. The molecule has 6 nitrogen and oxygen atoms in total. The minimum atomic E-state index is -0.203. The van der Waals surface area contributed by atoms with Gasteiger partial charge in [-0.05, 0) is 25.5 Å². The summed E-state index contributed by atoms with van der Waals surface area (Å²) in [7, 11) is 0. The molecule has 1 atom stereocenters. The lowest BCUT2D eigenvalue weighted by Crippen LogP contribution is -2.27. The number of aromatic nitrogens is 2. The zero-order valence-electron chi connectivity index (χ0n) is 12.0. The zero-order valence-corrected chi connectivity index (χ0v) is 12.8. The van der Waals surface area contributed by atoms with Crippen molar-refractivity contribution in [2.75, 3.05) is 12.3 Å². The van der Waals surface area contributed by atoms with Crippen LogP contribution in [0, 0.1) is 6.92 Å². The average Bonchev–Trinajstić information content (AvgIpc) is 2.88. The number of anilines is 1. The predicted octanol–water partition coefficient (Wildman–Crippen LogP) is 2.08. The van der Waals surface area contributed by atoms with E-state index < -0.39 is 0 Å². The summed E-state index contributed by atoms with van der Waals surface area (Å²) < 4.78 is 5.59. The first-order valence-electron chi connectivity index (χ1n) is 6.63. The lowest BCUT2D eigenvalue weighted by atomic mass is 10.2. The first kappa shape index (κ1) is 15.2. The number of para-hydroxylation sites is 1. The van der Waals surface area contributed by atoms with E-state index in [1.165, 1.54) is 11.3 Å². The van der Waals surface area contributed by atoms with Gasteiger partial charge in [-0.15, -0.1) is 10.2 Å². The Hall–Kier alpha value is -2.15. The summed E-state index contributed by atoms with van der Waals surface area (Å²) in [6, 6.07) is 7.51. The van der Waals surface area contributed by atoms with Gasteiger partial charge >= 0.3 is 0 Å². The number of carbonyl (C=O) groups is 1. The van der Waals surface area contributed by atoms with Crippen molar-refractivity contribution >= 4 is 22.4 Å². The number of rotatable bonds is 6. The van der Waals surface area contributed by atoms with Crippen molar-refractivity contribution in [1.82, 2.24) is 15.5 Å². The number of hydrogen-bond donors (Lipinski definition) is 2. The molecule has 0 saturated heterocycles. The van der Waals surface area contributed by atoms with Crippen LogP contribution in [0.1, 0.15) is 30.0 Å². The van der Waals surface area contributed by atoms with Crippen LogP contribution in [0.3, 0.4) is 0 Å². The Balaban J connectivity index is 1.76. The van der Waals surface area contributed by atoms with E-state index in [2.05, 4.69) is 15.5 Å². The molecule has 7 heteroatoms. The molecule has 0 bridgehead atoms. The number of carbonyl (C=O) groups excluding carboxylic acids is 1. The van der Waals surface area contributed by atoms with Gasteiger partial charge in [0, 0.05) is 0 Å². The molecule has 0 fully saturated rings. The van der Waals surface area contributed by atoms with E-state index in [0.717, 1.165) is 11.3 Å². The van der Waals surface area contributed by atoms with Crippen LogP contribution in [0.25, 0.3) is 0 Å². The van der Waals surface area contributed by atoms with Crippen molar-refractivity contribution in [3.63, 3.8) is 0 Å². The molecule has 1 amide bonds. The first-order valence-corrected chi connectivity index (χ1v) is 7.44. The van der Waals surface area contributed by atoms with E-state index in [1.54, 1.807) is 0 Å². The van der Waals surface area contributed by atoms with Crippen LogP contribution in [0.4, 0.5) is 5.13 Å². The normalized spacial score (nSPS) is 11.9. The Morgan fingerprint density at radius 2 is 2.19 bits per heavy atom. The predicted molar refractivity (Wildman–Crippen MR) is 82.2 cm³/mol. The van der Waals surface area contributed by atoms with Crippen LogP contribution in [0.15, 0.2) is 24.3 Å². The highest BCUT2D eigenvalue weighted by molar-refractivity contribution is 7.15. The van der Waals surface area contributed by atoms with Crippen molar-refractivity contribution < 1.29 is 9.53 Å². The average molecular weight is 306 g/mol. The highest BCUT2D eigenvalue weighted by Crippen LogP contribution is 2.19. The van der Waals surface area contributed by atoms with E-state index in [1.807, 2.05) is 38.1 Å². The second-order valence-corrected chi connectivity index (χ2v) is 5.67. The fourth-order valence-electron chi connectivity index (χ4n) is 1.77. The molecule has 0 aliphatic rings. The van der Waals surface area contributed by atoms with Crippen LogP contribution in [0.2, 0.25) is 0 Å². The molecule has 2 aromatic rings. The highest BCUT2D eigenvalue weighted by atomic mass is 32.1. The van der Waals surface area contributed by atoms with E-state index >= 15 is 0 Å². The van der Waals surface area contributed by atoms with E-state index in [-0.39, 0.29) is 18.4 Å². The molecule has 0 saturated carbocycles. The zero-order chi connectivity index (χ0) is 15.2. The quantitative estimate of drug-likeness (QED) is 0.852.